The molecule has 2 amide bonds. The molecule has 0 radical (unpaired) electrons. The van der Waals surface area contributed by atoms with E-state index >= 15 is 0 Å². The summed E-state index contributed by atoms with van der Waals surface area (Å²) in [7, 11) is -3.89. The molecule has 186 valence electrons. The van der Waals surface area contributed by atoms with E-state index in [1.54, 1.807) is 31.2 Å². The summed E-state index contributed by atoms with van der Waals surface area (Å²) in [5.74, 6) is -0.909. The second-order valence-electron chi connectivity index (χ2n) is 7.84. The number of rotatable bonds is 11. The number of halogens is 3. The molecule has 0 heterocycles. The van der Waals surface area contributed by atoms with Crippen LogP contribution >= 0.6 is 34.8 Å². The highest BCUT2D eigenvalue weighted by Gasteiger charge is 2.30. The maximum atomic E-state index is 13.5. The van der Waals surface area contributed by atoms with Gasteiger partial charge >= 0.3 is 0 Å². The van der Waals surface area contributed by atoms with Gasteiger partial charge in [0.15, 0.2) is 0 Å². The van der Waals surface area contributed by atoms with Crippen molar-refractivity contribution < 1.29 is 18.0 Å². The molecule has 0 saturated heterocycles. The molecule has 2 rings (SSSR count). The van der Waals surface area contributed by atoms with E-state index in [1.807, 2.05) is 6.92 Å². The van der Waals surface area contributed by atoms with Gasteiger partial charge in [-0.3, -0.25) is 13.9 Å². The Labute approximate surface area is 216 Å². The van der Waals surface area contributed by atoms with E-state index in [2.05, 4.69) is 5.32 Å². The van der Waals surface area contributed by atoms with E-state index in [0.29, 0.717) is 22.2 Å². The Kier molecular flexibility index (Phi) is 10.5. The molecule has 7 nitrogen and oxygen atoms in total. The second-order valence-corrected chi connectivity index (χ2v) is 11.0. The molecule has 0 saturated carbocycles. The van der Waals surface area contributed by atoms with E-state index in [1.165, 1.54) is 23.1 Å². The number of amides is 2. The van der Waals surface area contributed by atoms with Gasteiger partial charge in [-0.15, -0.1) is 0 Å². The molecule has 1 N–H and O–H groups in total. The summed E-state index contributed by atoms with van der Waals surface area (Å²) < 4.78 is 26.1. The minimum Gasteiger partial charge on any atom is -0.354 e. The van der Waals surface area contributed by atoms with Crippen LogP contribution in [0.15, 0.2) is 42.5 Å². The van der Waals surface area contributed by atoms with Gasteiger partial charge in [0.2, 0.25) is 21.8 Å². The largest absolute Gasteiger partial charge is 0.354 e. The van der Waals surface area contributed by atoms with Crippen molar-refractivity contribution in [3.8, 4) is 0 Å². The van der Waals surface area contributed by atoms with Crippen molar-refractivity contribution >= 4 is 62.3 Å². The molecular weight excluding hydrogens is 521 g/mol. The number of carbonyl (C=O) groups excluding carboxylic acids is 2. The molecule has 2 aromatic carbocycles. The van der Waals surface area contributed by atoms with E-state index in [0.717, 1.165) is 23.4 Å². The SMILES string of the molecule is CCCCNC(=O)[C@H](C)N(Cc1cccc(Cl)c1)C(=O)CN(c1ccc(Cl)cc1Cl)S(C)(=O)=O. The predicted molar refractivity (Wildman–Crippen MR) is 138 cm³/mol. The van der Waals surface area contributed by atoms with Crippen LogP contribution in [0.1, 0.15) is 32.3 Å². The highest BCUT2D eigenvalue weighted by atomic mass is 35.5. The van der Waals surface area contributed by atoms with Crippen molar-refractivity contribution in [3.63, 3.8) is 0 Å². The molecule has 0 aliphatic carbocycles. The Morgan fingerprint density at radius 2 is 1.74 bits per heavy atom. The minimum absolute atomic E-state index is 0.0632. The zero-order chi connectivity index (χ0) is 25.5. The zero-order valence-electron chi connectivity index (χ0n) is 19.2. The number of anilines is 1. The number of unbranched alkanes of at least 4 members (excludes halogenated alkanes) is 1. The van der Waals surface area contributed by atoms with Crippen molar-refractivity contribution in [3.05, 3.63) is 63.1 Å². The minimum atomic E-state index is -3.89. The van der Waals surface area contributed by atoms with Gasteiger partial charge in [0, 0.05) is 23.1 Å². The molecule has 0 unspecified atom stereocenters. The maximum absolute atomic E-state index is 13.5. The van der Waals surface area contributed by atoms with Gasteiger partial charge in [-0.25, -0.2) is 8.42 Å². The first kappa shape index (κ1) is 28.2. The van der Waals surface area contributed by atoms with Crippen LogP contribution in [0, 0.1) is 0 Å². The average Bonchev–Trinajstić information content (AvgIpc) is 2.75. The summed E-state index contributed by atoms with van der Waals surface area (Å²) in [5, 5.41) is 3.71. The van der Waals surface area contributed by atoms with Crippen LogP contribution in [-0.4, -0.2) is 50.5 Å². The van der Waals surface area contributed by atoms with E-state index in [4.69, 9.17) is 34.8 Å². The first-order valence-electron chi connectivity index (χ1n) is 10.7. The lowest BCUT2D eigenvalue weighted by atomic mass is 10.1. The van der Waals surface area contributed by atoms with Crippen LogP contribution in [0.5, 0.6) is 0 Å². The highest BCUT2D eigenvalue weighted by Crippen LogP contribution is 2.30. The second kappa shape index (κ2) is 12.6. The summed E-state index contributed by atoms with van der Waals surface area (Å²) in [6.45, 7) is 3.60. The van der Waals surface area contributed by atoms with Gasteiger partial charge in [-0.05, 0) is 49.2 Å². The van der Waals surface area contributed by atoms with Crippen molar-refractivity contribution in [2.45, 2.75) is 39.3 Å². The number of hydrogen-bond donors (Lipinski definition) is 1. The van der Waals surface area contributed by atoms with Gasteiger partial charge < -0.3 is 10.2 Å². The average molecular weight is 549 g/mol. The first-order valence-corrected chi connectivity index (χ1v) is 13.7. The third-order valence-corrected chi connectivity index (χ3v) is 7.00. The monoisotopic (exact) mass is 547 g/mol. The van der Waals surface area contributed by atoms with Crippen LogP contribution in [-0.2, 0) is 26.2 Å². The molecule has 11 heteroatoms. The van der Waals surface area contributed by atoms with Gasteiger partial charge in [-0.2, -0.15) is 0 Å². The molecule has 0 aromatic heterocycles. The fourth-order valence-electron chi connectivity index (χ4n) is 3.23. The van der Waals surface area contributed by atoms with Crippen LogP contribution in [0.3, 0.4) is 0 Å². The van der Waals surface area contributed by atoms with Crippen LogP contribution in [0.25, 0.3) is 0 Å². The van der Waals surface area contributed by atoms with Crippen molar-refractivity contribution in [2.75, 3.05) is 23.7 Å². The third-order valence-electron chi connectivity index (χ3n) is 5.10. The van der Waals surface area contributed by atoms with Crippen LogP contribution in [0.2, 0.25) is 15.1 Å². The summed E-state index contributed by atoms with van der Waals surface area (Å²) >= 11 is 18.3. The van der Waals surface area contributed by atoms with Gasteiger partial charge in [0.1, 0.15) is 12.6 Å². The van der Waals surface area contributed by atoms with Crippen LogP contribution in [0.4, 0.5) is 5.69 Å². The maximum Gasteiger partial charge on any atom is 0.244 e. The Morgan fingerprint density at radius 3 is 2.32 bits per heavy atom. The van der Waals surface area contributed by atoms with Crippen molar-refractivity contribution in [1.82, 2.24) is 10.2 Å². The first-order chi connectivity index (χ1) is 15.9. The molecule has 0 spiro atoms. The summed E-state index contributed by atoms with van der Waals surface area (Å²) in [6.07, 6.45) is 2.69. The topological polar surface area (TPSA) is 86.8 Å². The fourth-order valence-corrected chi connectivity index (χ4v) is 4.86. The molecular formula is C23H28Cl3N3O4S. The van der Waals surface area contributed by atoms with Gasteiger partial charge in [0.25, 0.3) is 0 Å². The van der Waals surface area contributed by atoms with E-state index in [-0.39, 0.29) is 23.2 Å². The van der Waals surface area contributed by atoms with E-state index in [9.17, 15) is 18.0 Å². The molecule has 0 aliphatic heterocycles. The lowest BCUT2D eigenvalue weighted by molar-refractivity contribution is -0.139. The number of hydrogen-bond acceptors (Lipinski definition) is 4. The molecule has 0 aliphatic rings. The molecule has 2 aromatic rings. The zero-order valence-corrected chi connectivity index (χ0v) is 22.3. The Balaban J connectivity index is 2.38. The Hall–Kier alpha value is -2.00. The molecule has 1 atom stereocenters. The normalized spacial score (nSPS) is 12.2. The number of benzene rings is 2. The Morgan fingerprint density at radius 1 is 1.06 bits per heavy atom. The third kappa shape index (κ3) is 8.05. The molecule has 34 heavy (non-hydrogen) atoms. The van der Waals surface area contributed by atoms with E-state index < -0.39 is 28.5 Å². The lowest BCUT2D eigenvalue weighted by Crippen LogP contribution is -2.51. The highest BCUT2D eigenvalue weighted by molar-refractivity contribution is 7.92. The fraction of sp³-hybridized carbons (Fsp3) is 0.391. The number of nitrogens with zero attached hydrogens (tertiary/aromatic N) is 2. The van der Waals surface area contributed by atoms with Gasteiger partial charge in [0.05, 0.1) is 17.0 Å². The summed E-state index contributed by atoms with van der Waals surface area (Å²) in [6, 6.07) is 10.4. The summed E-state index contributed by atoms with van der Waals surface area (Å²) in [5.41, 5.74) is 0.814. The predicted octanol–water partition coefficient (Wildman–Crippen LogP) is 4.75. The quantitative estimate of drug-likeness (QED) is 0.411. The molecule has 0 fully saturated rings. The number of sulfonamides is 1. The number of nitrogens with one attached hydrogen (secondary N) is 1. The smallest absolute Gasteiger partial charge is 0.244 e. The van der Waals surface area contributed by atoms with Gasteiger partial charge in [-0.1, -0.05) is 60.3 Å². The van der Waals surface area contributed by atoms with Crippen LogP contribution < -0.4 is 9.62 Å². The standard InChI is InChI=1S/C23H28Cl3N3O4S/c1-4-5-11-27-23(31)16(2)28(14-17-7-6-8-18(24)12-17)22(30)15-29(34(3,32)33)21-10-9-19(25)13-20(21)26/h6-10,12-13,16H,4-5,11,14-15H2,1-3H3,(H,27,31)/t16-/m0/s1. The van der Waals surface area contributed by atoms with Crippen molar-refractivity contribution in [1.29, 1.82) is 0 Å². The Bertz CT molecular complexity index is 1130. The lowest BCUT2D eigenvalue weighted by Gasteiger charge is -2.31. The van der Waals surface area contributed by atoms with Crippen molar-refractivity contribution in [2.24, 2.45) is 0 Å². The summed E-state index contributed by atoms with van der Waals surface area (Å²) in [4.78, 5) is 27.5. The molecule has 0 bridgehead atoms. The number of carbonyl (C=O) groups is 2.